The van der Waals surface area contributed by atoms with E-state index in [0.717, 1.165) is 0 Å². The highest BCUT2D eigenvalue weighted by molar-refractivity contribution is 4.93. The van der Waals surface area contributed by atoms with E-state index in [-0.39, 0.29) is 5.48 Å². The Labute approximate surface area is 136 Å². The molecule has 2 fully saturated rings. The van der Waals surface area contributed by atoms with Crippen molar-refractivity contribution in [1.82, 2.24) is 0 Å². The Morgan fingerprint density at radius 3 is 1.79 bits per heavy atom. The van der Waals surface area contributed by atoms with Gasteiger partial charge in [0.05, 0.1) is 13.2 Å². The molecule has 10 N–H and O–H groups in total. The van der Waals surface area contributed by atoms with E-state index in [1.807, 2.05) is 0 Å². The fraction of sp³-hybridized carbons (Fsp3) is 1.00. The second kappa shape index (κ2) is 8.75. The van der Waals surface area contributed by atoms with Gasteiger partial charge in [-0.05, 0) is 0 Å². The third-order valence-corrected chi connectivity index (χ3v) is 3.98. The van der Waals surface area contributed by atoms with Crippen LogP contribution in [-0.4, -0.2) is 121 Å². The molecule has 0 aromatic heterocycles. The van der Waals surface area contributed by atoms with Crippen molar-refractivity contribution in [1.29, 1.82) is 0 Å². The summed E-state index contributed by atoms with van der Waals surface area (Å²) in [5, 5.41) is 76.5. The predicted molar refractivity (Wildman–Crippen MR) is 72.2 cm³/mol. The van der Waals surface area contributed by atoms with E-state index in [0.29, 0.717) is 0 Å². The molecule has 0 spiro atoms. The second-order valence-corrected chi connectivity index (χ2v) is 5.53. The lowest BCUT2D eigenvalue weighted by Gasteiger charge is -2.45. The first-order chi connectivity index (χ1) is 10.8. The zero-order valence-corrected chi connectivity index (χ0v) is 12.5. The van der Waals surface area contributed by atoms with E-state index in [1.165, 1.54) is 0 Å². The van der Waals surface area contributed by atoms with E-state index in [2.05, 4.69) is 0 Å². The molecule has 0 bridgehead atoms. The second-order valence-electron chi connectivity index (χ2n) is 5.53. The lowest BCUT2D eigenvalue weighted by molar-refractivity contribution is -0.355. The van der Waals surface area contributed by atoms with Crippen molar-refractivity contribution in [3.63, 3.8) is 0 Å². The Morgan fingerprint density at radius 1 is 0.667 bits per heavy atom. The lowest BCUT2D eigenvalue weighted by Crippen LogP contribution is -2.64. The molecule has 24 heavy (non-hydrogen) atoms. The average Bonchev–Trinajstić information content (AvgIpc) is 2.55. The monoisotopic (exact) mass is 372 g/mol. The van der Waals surface area contributed by atoms with Crippen LogP contribution < -0.4 is 0 Å². The Morgan fingerprint density at radius 2 is 1.25 bits per heavy atom. The molecule has 1 unspecified atom stereocenters. The number of hydrogen-bond acceptors (Lipinski definition) is 11. The van der Waals surface area contributed by atoms with Crippen LogP contribution in [0.25, 0.3) is 0 Å². The lowest BCUT2D eigenvalue weighted by atomic mass is 10.9. The van der Waals surface area contributed by atoms with Gasteiger partial charge in [-0.1, -0.05) is 0 Å². The maximum atomic E-state index is 9.94. The van der Waals surface area contributed by atoms with Crippen molar-refractivity contribution in [3.05, 3.63) is 0 Å². The van der Waals surface area contributed by atoms with Crippen LogP contribution >= 0.6 is 0 Å². The third-order valence-electron chi connectivity index (χ3n) is 3.98. The van der Waals surface area contributed by atoms with Crippen molar-refractivity contribution in [2.24, 2.45) is 0 Å². The van der Waals surface area contributed by atoms with Crippen LogP contribution in [0.4, 0.5) is 0 Å². The molecule has 0 amide bonds. The third kappa shape index (κ3) is 4.01. The normalized spacial score (nSPS) is 49.5. The smallest absolute Gasteiger partial charge is 0.187 e. The SMILES string of the molecule is O.O[13CH2][13C@H]1O[13C@H](O[13C@H]2[13C@H](O)[13C@@H](O)[13CH](O)O[13C@@H]2[13CH2]O)[13C@H](O)[13C@@H](O)[13C@@H]1O. The molecular formula is C12H24O12. The summed E-state index contributed by atoms with van der Waals surface area (Å²) < 4.78 is 15.3. The molecule has 0 aromatic rings. The number of aliphatic hydroxyl groups is 8. The molecule has 0 aliphatic carbocycles. The van der Waals surface area contributed by atoms with E-state index in [4.69, 9.17) is 19.3 Å². The van der Waals surface area contributed by atoms with Crippen LogP contribution in [0.15, 0.2) is 0 Å². The number of hydrogen-bond donors (Lipinski definition) is 8. The van der Waals surface area contributed by atoms with Crippen LogP contribution in [-0.2, 0) is 14.2 Å². The molecule has 2 saturated heterocycles. The summed E-state index contributed by atoms with van der Waals surface area (Å²) in [6.07, 6.45) is -15.6. The molecule has 0 radical (unpaired) electrons. The van der Waals surface area contributed by atoms with Gasteiger partial charge in [-0.3, -0.25) is 0 Å². The summed E-state index contributed by atoms with van der Waals surface area (Å²) in [5.74, 6) is 0. The van der Waals surface area contributed by atoms with Crippen molar-refractivity contribution in [2.75, 3.05) is 13.2 Å². The van der Waals surface area contributed by atoms with Gasteiger partial charge < -0.3 is 60.5 Å². The van der Waals surface area contributed by atoms with Gasteiger partial charge in [-0.25, -0.2) is 0 Å². The minimum Gasteiger partial charge on any atom is -0.412 e. The average molecular weight is 372 g/mol. The van der Waals surface area contributed by atoms with Gasteiger partial charge in [-0.15, -0.1) is 0 Å². The van der Waals surface area contributed by atoms with Gasteiger partial charge in [0.2, 0.25) is 0 Å². The molecule has 10 atom stereocenters. The van der Waals surface area contributed by atoms with E-state index < -0.39 is 74.6 Å². The quantitative estimate of drug-likeness (QED) is 0.217. The fourth-order valence-electron chi connectivity index (χ4n) is 2.57. The number of aliphatic hydroxyl groups excluding tert-OH is 8. The molecule has 0 saturated carbocycles. The Kier molecular flexibility index (Phi) is 7.86. The molecule has 12 heteroatoms. The highest BCUT2D eigenvalue weighted by atomic mass is 16.9. The summed E-state index contributed by atoms with van der Waals surface area (Å²) in [6.45, 7) is -1.35. The minimum atomic E-state index is -1.74. The molecule has 12 nitrogen and oxygen atoms in total. The number of rotatable bonds is 4. The minimum absolute atomic E-state index is 0. The van der Waals surface area contributed by atoms with Crippen LogP contribution in [0.2, 0.25) is 0 Å². The molecule has 2 aliphatic heterocycles. The van der Waals surface area contributed by atoms with Crippen LogP contribution in [0.3, 0.4) is 0 Å². The van der Waals surface area contributed by atoms with Crippen molar-refractivity contribution < 1.29 is 60.5 Å². The maximum Gasteiger partial charge on any atom is 0.187 e. The zero-order valence-electron chi connectivity index (χ0n) is 12.5. The molecule has 144 valence electrons. The standard InChI is InChI=1S/C12H22O11.H2O/c13-1-3-5(15)6(16)9(19)12(22-3)23-10-4(2-14)21-11(20)8(18)7(10)17;/h3-20H,1-2H2;1H2/t3-,4-,5-,6+,7-,8-,9-,10-,11?,12-;/m1./s1/i1+1,2+1,3+1,4+1,5+1,6+1,7+1,8+1,9+1,10+1,11+1,12+1;. The zero-order chi connectivity index (χ0) is 17.3. The first kappa shape index (κ1) is 21.6. The largest absolute Gasteiger partial charge is 0.412 e. The van der Waals surface area contributed by atoms with Crippen LogP contribution in [0, 0.1) is 0 Å². The number of ether oxygens (including phenoxy) is 3. The van der Waals surface area contributed by atoms with E-state index in [1.54, 1.807) is 0 Å². The van der Waals surface area contributed by atoms with Crippen molar-refractivity contribution >= 4 is 0 Å². The summed E-state index contributed by atoms with van der Waals surface area (Å²) in [5.41, 5.74) is 0. The Balaban J connectivity index is 0.00000288. The molecule has 2 aliphatic rings. The summed E-state index contributed by atoms with van der Waals surface area (Å²) >= 11 is 0. The first-order valence-electron chi connectivity index (χ1n) is 7.08. The summed E-state index contributed by atoms with van der Waals surface area (Å²) in [6, 6.07) is 0. The highest BCUT2D eigenvalue weighted by Crippen LogP contribution is 2.28. The van der Waals surface area contributed by atoms with Crippen molar-refractivity contribution in [3.8, 4) is 0 Å². The van der Waals surface area contributed by atoms with Gasteiger partial charge in [0.15, 0.2) is 12.6 Å². The van der Waals surface area contributed by atoms with Gasteiger partial charge >= 0.3 is 0 Å². The molecule has 0 aromatic carbocycles. The van der Waals surface area contributed by atoms with Gasteiger partial charge in [-0.2, -0.15) is 0 Å². The Hall–Kier alpha value is -0.480. The van der Waals surface area contributed by atoms with Crippen LogP contribution in [0.1, 0.15) is 0 Å². The highest BCUT2D eigenvalue weighted by Gasteiger charge is 2.50. The molecular weight excluding hydrogens is 348 g/mol. The van der Waals surface area contributed by atoms with Crippen LogP contribution in [0.5, 0.6) is 0 Å². The van der Waals surface area contributed by atoms with Crippen molar-refractivity contribution in [2.45, 2.75) is 61.4 Å². The van der Waals surface area contributed by atoms with E-state index >= 15 is 0 Å². The van der Waals surface area contributed by atoms with Gasteiger partial charge in [0.25, 0.3) is 0 Å². The summed E-state index contributed by atoms with van der Waals surface area (Å²) in [7, 11) is 0. The van der Waals surface area contributed by atoms with E-state index in [9.17, 15) is 35.7 Å². The molecule has 2 rings (SSSR count). The van der Waals surface area contributed by atoms with Gasteiger partial charge in [0.1, 0.15) is 48.8 Å². The summed E-state index contributed by atoms with van der Waals surface area (Å²) in [4.78, 5) is 0. The maximum absolute atomic E-state index is 9.94. The first-order valence-corrected chi connectivity index (χ1v) is 7.08. The van der Waals surface area contributed by atoms with Gasteiger partial charge in [0, 0.05) is 0 Å². The predicted octanol–water partition coefficient (Wildman–Crippen LogP) is -6.22. The molecule has 2 heterocycles. The topological polar surface area (TPSA) is 221 Å². The Bertz CT molecular complexity index is 379. The fourth-order valence-corrected chi connectivity index (χ4v) is 2.57.